The van der Waals surface area contributed by atoms with Crippen molar-refractivity contribution in [3.05, 3.63) is 18.2 Å². The first-order valence-corrected chi connectivity index (χ1v) is 8.73. The minimum absolute atomic E-state index is 0.403. The first kappa shape index (κ1) is 15.2. The quantitative estimate of drug-likeness (QED) is 0.877. The first-order chi connectivity index (χ1) is 9.72. The van der Waals surface area contributed by atoms with E-state index in [1.165, 1.54) is 0 Å². The Morgan fingerprint density at radius 2 is 1.80 bits per heavy atom. The average Bonchev–Trinajstić information content (AvgIpc) is 2.45. The Bertz CT molecular complexity index is 454. The molecule has 1 fully saturated rings. The van der Waals surface area contributed by atoms with Gasteiger partial charge in [-0.1, -0.05) is 0 Å². The second-order valence-corrected chi connectivity index (χ2v) is 6.49. The summed E-state index contributed by atoms with van der Waals surface area (Å²) < 4.78 is 22.5. The van der Waals surface area contributed by atoms with E-state index in [1.54, 1.807) is 0 Å². The maximum Gasteiger partial charge on any atom is 0.163 e. The molecule has 2 rings (SSSR count). The summed E-state index contributed by atoms with van der Waals surface area (Å²) >= 11 is 0. The first-order valence-electron chi connectivity index (χ1n) is 7.24. The van der Waals surface area contributed by atoms with Gasteiger partial charge in [0, 0.05) is 40.1 Å². The van der Waals surface area contributed by atoms with Crippen molar-refractivity contribution in [1.29, 1.82) is 0 Å². The number of hydrogen-bond acceptors (Lipinski definition) is 4. The molecule has 1 aliphatic heterocycles. The summed E-state index contributed by atoms with van der Waals surface area (Å²) in [7, 11) is -0.617. The standard InChI is InChI=1S/C15H23NO3S/c1-3-18-14-6-5-13(11-15(14)19-4-2)16-12-7-9-20(17)10-8-12/h5-6,11-12,16H,3-4,7-10H2,1-2H3. The Labute approximate surface area is 123 Å². The van der Waals surface area contributed by atoms with Gasteiger partial charge in [0.25, 0.3) is 0 Å². The third-order valence-electron chi connectivity index (χ3n) is 3.30. The Balaban J connectivity index is 2.04. The fourth-order valence-corrected chi connectivity index (χ4v) is 3.61. The maximum atomic E-state index is 11.4. The Hall–Kier alpha value is -1.23. The molecular formula is C15H23NO3S. The lowest BCUT2D eigenvalue weighted by Gasteiger charge is -2.24. The van der Waals surface area contributed by atoms with E-state index in [0.29, 0.717) is 19.3 Å². The topological polar surface area (TPSA) is 47.6 Å². The van der Waals surface area contributed by atoms with Crippen molar-refractivity contribution in [2.24, 2.45) is 0 Å². The highest BCUT2D eigenvalue weighted by Gasteiger charge is 2.18. The fraction of sp³-hybridized carbons (Fsp3) is 0.600. The van der Waals surface area contributed by atoms with Crippen LogP contribution < -0.4 is 14.8 Å². The number of ether oxygens (including phenoxy) is 2. The molecule has 1 aliphatic rings. The molecule has 1 aromatic rings. The van der Waals surface area contributed by atoms with Gasteiger partial charge in [-0.25, -0.2) is 0 Å². The molecule has 0 radical (unpaired) electrons. The zero-order valence-corrected chi connectivity index (χ0v) is 13.0. The van der Waals surface area contributed by atoms with Crippen molar-refractivity contribution in [3.63, 3.8) is 0 Å². The molecule has 1 heterocycles. The lowest BCUT2D eigenvalue weighted by atomic mass is 10.1. The van der Waals surface area contributed by atoms with E-state index < -0.39 is 10.8 Å². The van der Waals surface area contributed by atoms with Crippen LogP contribution in [0.1, 0.15) is 26.7 Å². The minimum atomic E-state index is -0.617. The summed E-state index contributed by atoms with van der Waals surface area (Å²) in [6, 6.07) is 6.34. The summed E-state index contributed by atoms with van der Waals surface area (Å²) in [5.41, 5.74) is 1.04. The van der Waals surface area contributed by atoms with E-state index >= 15 is 0 Å². The molecule has 1 saturated heterocycles. The van der Waals surface area contributed by atoms with Crippen LogP contribution in [0.3, 0.4) is 0 Å². The minimum Gasteiger partial charge on any atom is -0.490 e. The maximum absolute atomic E-state index is 11.4. The molecule has 0 bridgehead atoms. The molecule has 0 amide bonds. The summed E-state index contributed by atoms with van der Waals surface area (Å²) in [5.74, 6) is 3.16. The highest BCUT2D eigenvalue weighted by atomic mass is 32.2. The summed E-state index contributed by atoms with van der Waals surface area (Å²) in [6.07, 6.45) is 1.92. The largest absolute Gasteiger partial charge is 0.490 e. The molecule has 5 heteroatoms. The van der Waals surface area contributed by atoms with E-state index in [4.69, 9.17) is 9.47 Å². The number of benzene rings is 1. The number of hydrogen-bond donors (Lipinski definition) is 1. The Kier molecular flexibility index (Phi) is 5.71. The van der Waals surface area contributed by atoms with Gasteiger partial charge >= 0.3 is 0 Å². The fourth-order valence-electron chi connectivity index (χ4n) is 2.31. The van der Waals surface area contributed by atoms with Gasteiger partial charge in [0.1, 0.15) is 0 Å². The second-order valence-electron chi connectivity index (χ2n) is 4.79. The van der Waals surface area contributed by atoms with Gasteiger partial charge in [-0.2, -0.15) is 0 Å². The summed E-state index contributed by atoms with van der Waals surface area (Å²) in [4.78, 5) is 0. The van der Waals surface area contributed by atoms with Gasteiger partial charge in [-0.3, -0.25) is 4.21 Å². The zero-order chi connectivity index (χ0) is 14.4. The molecular weight excluding hydrogens is 274 g/mol. The van der Waals surface area contributed by atoms with Crippen LogP contribution in [-0.4, -0.2) is 35.0 Å². The molecule has 0 aliphatic carbocycles. The van der Waals surface area contributed by atoms with Gasteiger partial charge in [-0.05, 0) is 38.8 Å². The Morgan fingerprint density at radius 3 is 2.45 bits per heavy atom. The SMILES string of the molecule is CCOc1ccc(NC2CCS(=O)CC2)cc1OCC. The predicted molar refractivity (Wildman–Crippen MR) is 83.3 cm³/mol. The van der Waals surface area contributed by atoms with Crippen molar-refractivity contribution in [3.8, 4) is 11.5 Å². The van der Waals surface area contributed by atoms with Crippen molar-refractivity contribution in [2.45, 2.75) is 32.7 Å². The van der Waals surface area contributed by atoms with E-state index in [2.05, 4.69) is 5.32 Å². The van der Waals surface area contributed by atoms with E-state index in [9.17, 15) is 4.21 Å². The Morgan fingerprint density at radius 1 is 1.15 bits per heavy atom. The lowest BCUT2D eigenvalue weighted by Crippen LogP contribution is -2.29. The van der Waals surface area contributed by atoms with Gasteiger partial charge in [0.2, 0.25) is 0 Å². The van der Waals surface area contributed by atoms with Crippen molar-refractivity contribution in [1.82, 2.24) is 0 Å². The van der Waals surface area contributed by atoms with Crippen LogP contribution in [-0.2, 0) is 10.8 Å². The van der Waals surface area contributed by atoms with E-state index in [1.807, 2.05) is 32.0 Å². The molecule has 1 N–H and O–H groups in total. The summed E-state index contributed by atoms with van der Waals surface area (Å²) in [5, 5.41) is 3.50. The highest BCUT2D eigenvalue weighted by Crippen LogP contribution is 2.31. The van der Waals surface area contributed by atoms with Crippen LogP contribution in [0.2, 0.25) is 0 Å². The monoisotopic (exact) mass is 297 g/mol. The molecule has 1 aromatic carbocycles. The molecule has 0 spiro atoms. The molecule has 0 unspecified atom stereocenters. The van der Waals surface area contributed by atoms with Crippen molar-refractivity contribution in [2.75, 3.05) is 30.0 Å². The number of nitrogens with one attached hydrogen (secondary N) is 1. The zero-order valence-electron chi connectivity index (χ0n) is 12.2. The van der Waals surface area contributed by atoms with Crippen LogP contribution in [0, 0.1) is 0 Å². The van der Waals surface area contributed by atoms with E-state index in [-0.39, 0.29) is 0 Å². The van der Waals surface area contributed by atoms with Crippen molar-refractivity contribution < 1.29 is 13.7 Å². The van der Waals surface area contributed by atoms with Gasteiger partial charge < -0.3 is 14.8 Å². The highest BCUT2D eigenvalue weighted by molar-refractivity contribution is 7.85. The summed E-state index contributed by atoms with van der Waals surface area (Å²) in [6.45, 7) is 5.17. The molecule has 20 heavy (non-hydrogen) atoms. The van der Waals surface area contributed by atoms with Gasteiger partial charge in [0.15, 0.2) is 11.5 Å². The predicted octanol–water partition coefficient (Wildman–Crippen LogP) is 2.81. The molecule has 0 saturated carbocycles. The molecule has 4 nitrogen and oxygen atoms in total. The van der Waals surface area contributed by atoms with Crippen LogP contribution in [0.5, 0.6) is 11.5 Å². The van der Waals surface area contributed by atoms with Gasteiger partial charge in [-0.15, -0.1) is 0 Å². The molecule has 112 valence electrons. The smallest absolute Gasteiger partial charge is 0.163 e. The van der Waals surface area contributed by atoms with Crippen LogP contribution >= 0.6 is 0 Å². The lowest BCUT2D eigenvalue weighted by molar-refractivity contribution is 0.288. The average molecular weight is 297 g/mol. The molecule has 0 atom stereocenters. The van der Waals surface area contributed by atoms with Crippen molar-refractivity contribution >= 4 is 16.5 Å². The number of rotatable bonds is 6. The molecule has 0 aromatic heterocycles. The third kappa shape index (κ3) is 4.13. The third-order valence-corrected chi connectivity index (χ3v) is 4.68. The van der Waals surface area contributed by atoms with Crippen LogP contribution in [0.25, 0.3) is 0 Å². The van der Waals surface area contributed by atoms with Crippen LogP contribution in [0.15, 0.2) is 18.2 Å². The van der Waals surface area contributed by atoms with Gasteiger partial charge in [0.05, 0.1) is 13.2 Å². The normalized spacial score (nSPS) is 22.3. The number of anilines is 1. The second kappa shape index (κ2) is 7.53. The van der Waals surface area contributed by atoms with Crippen LogP contribution in [0.4, 0.5) is 5.69 Å². The van der Waals surface area contributed by atoms with E-state index in [0.717, 1.165) is 41.5 Å².